The Labute approximate surface area is 140 Å². The lowest BCUT2D eigenvalue weighted by atomic mass is 10.2. The van der Waals surface area contributed by atoms with Crippen LogP contribution in [0.25, 0.3) is 10.9 Å². The van der Waals surface area contributed by atoms with E-state index in [1.165, 1.54) is 0 Å². The number of hydrogen-bond acceptors (Lipinski definition) is 5. The highest BCUT2D eigenvalue weighted by atomic mass is 16.5. The molecule has 3 rings (SSSR count). The number of morpholine rings is 1. The highest BCUT2D eigenvalue weighted by Crippen LogP contribution is 2.07. The Balaban J connectivity index is 1.61. The molecule has 0 unspecified atom stereocenters. The molecule has 2 aromatic rings. The minimum atomic E-state index is -0.414. The number of fused-ring (bicyclic) bond motifs is 1. The molecule has 1 saturated heterocycles. The van der Waals surface area contributed by atoms with Gasteiger partial charge in [-0.3, -0.25) is 19.2 Å². The van der Waals surface area contributed by atoms with Crippen molar-refractivity contribution < 1.29 is 9.53 Å². The van der Waals surface area contributed by atoms with Crippen LogP contribution in [0.2, 0.25) is 0 Å². The molecule has 128 valence electrons. The number of ether oxygens (including phenoxy) is 1. The van der Waals surface area contributed by atoms with Crippen molar-refractivity contribution in [1.82, 2.24) is 20.0 Å². The van der Waals surface area contributed by atoms with Crippen molar-refractivity contribution >= 4 is 16.8 Å². The molecule has 0 atom stereocenters. The maximum atomic E-state index is 12.4. The van der Waals surface area contributed by atoms with Gasteiger partial charge in [0.15, 0.2) is 5.69 Å². The molecule has 0 saturated carbocycles. The Kier molecular flexibility index (Phi) is 5.22. The molecule has 2 heterocycles. The molecule has 0 radical (unpaired) electrons. The Morgan fingerprint density at radius 2 is 2.04 bits per heavy atom. The van der Waals surface area contributed by atoms with Crippen molar-refractivity contribution in [3.63, 3.8) is 0 Å². The van der Waals surface area contributed by atoms with E-state index in [1.54, 1.807) is 23.9 Å². The highest BCUT2D eigenvalue weighted by molar-refractivity contribution is 5.95. The van der Waals surface area contributed by atoms with Crippen LogP contribution in [0.5, 0.6) is 0 Å². The SMILES string of the molecule is Cn1nc(C(=O)NCCCN2CCOCC2)c(=O)c2ccccc21. The van der Waals surface area contributed by atoms with Crippen LogP contribution in [0.4, 0.5) is 0 Å². The third-order valence-electron chi connectivity index (χ3n) is 4.22. The van der Waals surface area contributed by atoms with E-state index < -0.39 is 5.91 Å². The topological polar surface area (TPSA) is 76.5 Å². The van der Waals surface area contributed by atoms with E-state index in [9.17, 15) is 9.59 Å². The maximum Gasteiger partial charge on any atom is 0.275 e. The third-order valence-corrected chi connectivity index (χ3v) is 4.22. The summed E-state index contributed by atoms with van der Waals surface area (Å²) in [5.74, 6) is -0.414. The van der Waals surface area contributed by atoms with Gasteiger partial charge in [-0.2, -0.15) is 5.10 Å². The quantitative estimate of drug-likeness (QED) is 0.803. The number of benzene rings is 1. The molecule has 0 aliphatic carbocycles. The van der Waals surface area contributed by atoms with Crippen LogP contribution in [-0.4, -0.2) is 60.0 Å². The molecule has 24 heavy (non-hydrogen) atoms. The molecular formula is C17H22N4O3. The van der Waals surface area contributed by atoms with Gasteiger partial charge in [-0.1, -0.05) is 12.1 Å². The van der Waals surface area contributed by atoms with Crippen LogP contribution >= 0.6 is 0 Å². The summed E-state index contributed by atoms with van der Waals surface area (Å²) in [6.45, 7) is 4.83. The predicted octanol–water partition coefficient (Wildman–Crippen LogP) is 0.386. The van der Waals surface area contributed by atoms with Gasteiger partial charge in [0.2, 0.25) is 5.43 Å². The summed E-state index contributed by atoms with van der Waals surface area (Å²) in [6.07, 6.45) is 0.833. The maximum absolute atomic E-state index is 12.4. The number of nitrogens with one attached hydrogen (secondary N) is 1. The molecule has 7 nitrogen and oxygen atoms in total. The summed E-state index contributed by atoms with van der Waals surface area (Å²) >= 11 is 0. The van der Waals surface area contributed by atoms with Gasteiger partial charge in [0.25, 0.3) is 5.91 Å². The highest BCUT2D eigenvalue weighted by Gasteiger charge is 2.16. The van der Waals surface area contributed by atoms with Crippen molar-refractivity contribution in [2.75, 3.05) is 39.4 Å². The molecule has 0 spiro atoms. The van der Waals surface area contributed by atoms with E-state index in [-0.39, 0.29) is 11.1 Å². The monoisotopic (exact) mass is 330 g/mol. The van der Waals surface area contributed by atoms with Crippen LogP contribution < -0.4 is 10.7 Å². The van der Waals surface area contributed by atoms with Gasteiger partial charge in [-0.05, 0) is 25.1 Å². The molecule has 1 aromatic heterocycles. The molecule has 1 aliphatic heterocycles. The molecule has 0 bridgehead atoms. The number of nitrogens with zero attached hydrogens (tertiary/aromatic N) is 3. The van der Waals surface area contributed by atoms with E-state index in [0.717, 1.165) is 39.3 Å². The number of rotatable bonds is 5. The van der Waals surface area contributed by atoms with Crippen molar-refractivity contribution in [1.29, 1.82) is 0 Å². The smallest absolute Gasteiger partial charge is 0.275 e. The van der Waals surface area contributed by atoms with Crippen LogP contribution in [0.3, 0.4) is 0 Å². The average molecular weight is 330 g/mol. The van der Waals surface area contributed by atoms with Gasteiger partial charge in [-0.25, -0.2) is 0 Å². The van der Waals surface area contributed by atoms with Gasteiger partial charge < -0.3 is 10.1 Å². The summed E-state index contributed by atoms with van der Waals surface area (Å²) in [6, 6.07) is 7.16. The fourth-order valence-corrected chi connectivity index (χ4v) is 2.89. The lowest BCUT2D eigenvalue weighted by Crippen LogP contribution is -2.38. The first kappa shape index (κ1) is 16.6. The number of carbonyl (C=O) groups excluding carboxylic acids is 1. The second-order valence-corrected chi connectivity index (χ2v) is 5.88. The van der Waals surface area contributed by atoms with Crippen molar-refractivity contribution in [2.24, 2.45) is 7.05 Å². The normalized spacial score (nSPS) is 15.5. The molecule has 1 aliphatic rings. The fraction of sp³-hybridized carbons (Fsp3) is 0.471. The van der Waals surface area contributed by atoms with E-state index in [4.69, 9.17) is 4.74 Å². The van der Waals surface area contributed by atoms with Crippen molar-refractivity contribution in [2.45, 2.75) is 6.42 Å². The van der Waals surface area contributed by atoms with Gasteiger partial charge in [-0.15, -0.1) is 0 Å². The second kappa shape index (κ2) is 7.55. The van der Waals surface area contributed by atoms with Gasteiger partial charge in [0.1, 0.15) is 0 Å². The summed E-state index contributed by atoms with van der Waals surface area (Å²) < 4.78 is 6.87. The van der Waals surface area contributed by atoms with Crippen LogP contribution in [-0.2, 0) is 11.8 Å². The summed E-state index contributed by atoms with van der Waals surface area (Å²) in [5, 5.41) is 7.44. The number of hydrogen-bond donors (Lipinski definition) is 1. The molecule has 1 N–H and O–H groups in total. The Morgan fingerprint density at radius 1 is 1.29 bits per heavy atom. The van der Waals surface area contributed by atoms with E-state index in [2.05, 4.69) is 15.3 Å². The summed E-state index contributed by atoms with van der Waals surface area (Å²) in [4.78, 5) is 27.0. The average Bonchev–Trinajstić information content (AvgIpc) is 2.62. The zero-order chi connectivity index (χ0) is 16.9. The predicted molar refractivity (Wildman–Crippen MR) is 91.2 cm³/mol. The summed E-state index contributed by atoms with van der Waals surface area (Å²) in [5.41, 5.74) is 0.336. The van der Waals surface area contributed by atoms with Gasteiger partial charge >= 0.3 is 0 Å². The minimum absolute atomic E-state index is 0.0532. The van der Waals surface area contributed by atoms with E-state index in [0.29, 0.717) is 17.4 Å². The zero-order valence-electron chi connectivity index (χ0n) is 13.8. The van der Waals surface area contributed by atoms with Crippen molar-refractivity contribution in [3.8, 4) is 0 Å². The molecule has 1 aromatic carbocycles. The van der Waals surface area contributed by atoms with E-state index >= 15 is 0 Å². The standard InChI is InChI=1S/C17H22N4O3/c1-20-14-6-3-2-5-13(14)16(22)15(19-20)17(23)18-7-4-8-21-9-11-24-12-10-21/h2-3,5-6H,4,7-12H2,1H3,(H,18,23). The Hall–Kier alpha value is -2.25. The Morgan fingerprint density at radius 3 is 2.83 bits per heavy atom. The molecule has 7 heteroatoms. The van der Waals surface area contributed by atoms with Gasteiger partial charge in [0, 0.05) is 32.1 Å². The zero-order valence-corrected chi connectivity index (χ0v) is 13.8. The van der Waals surface area contributed by atoms with Crippen LogP contribution in [0, 0.1) is 0 Å². The van der Waals surface area contributed by atoms with Crippen molar-refractivity contribution in [3.05, 3.63) is 40.2 Å². The molecule has 1 fully saturated rings. The Bertz CT molecular complexity index is 781. The fourth-order valence-electron chi connectivity index (χ4n) is 2.89. The van der Waals surface area contributed by atoms with Crippen LogP contribution in [0.15, 0.2) is 29.1 Å². The van der Waals surface area contributed by atoms with E-state index in [1.807, 2.05) is 12.1 Å². The molecular weight excluding hydrogens is 308 g/mol. The lowest BCUT2D eigenvalue weighted by Gasteiger charge is -2.26. The van der Waals surface area contributed by atoms with Crippen LogP contribution in [0.1, 0.15) is 16.9 Å². The third kappa shape index (κ3) is 3.63. The first-order chi connectivity index (χ1) is 11.7. The summed E-state index contributed by atoms with van der Waals surface area (Å²) in [7, 11) is 1.73. The largest absolute Gasteiger partial charge is 0.379 e. The lowest BCUT2D eigenvalue weighted by molar-refractivity contribution is 0.0374. The number of aromatic nitrogens is 2. The number of aryl methyl sites for hydroxylation is 1. The second-order valence-electron chi connectivity index (χ2n) is 5.88. The number of amides is 1. The number of para-hydroxylation sites is 1. The first-order valence-corrected chi connectivity index (χ1v) is 8.21. The van der Waals surface area contributed by atoms with Gasteiger partial charge in [0.05, 0.1) is 18.7 Å². The molecule has 1 amide bonds. The minimum Gasteiger partial charge on any atom is -0.379 e. The first-order valence-electron chi connectivity index (χ1n) is 8.21. The number of carbonyl (C=O) groups is 1.